The molecule has 1 fully saturated rings. The number of carbonyl (C=O) groups excluding carboxylic acids is 2. The third-order valence-electron chi connectivity index (χ3n) is 7.88. The SMILES string of the molecule is COC(=O)[C@H]1[C@@H](OC=O)[C@@]2(O)c3c(OC)cc(OC)cc3O[C@@]2(c2ccc3c(c2)OCO3)[C@@H]1c1ccccc1. The fourth-order valence-electron chi connectivity index (χ4n) is 6.41. The van der Waals surface area contributed by atoms with E-state index in [0.717, 1.165) is 0 Å². The Bertz CT molecular complexity index is 1440. The zero-order valence-electron chi connectivity index (χ0n) is 21.4. The van der Waals surface area contributed by atoms with Crippen molar-refractivity contribution in [2.24, 2.45) is 5.92 Å². The Morgan fingerprint density at radius 3 is 2.44 bits per heavy atom. The van der Waals surface area contributed by atoms with Crippen LogP contribution in [-0.2, 0) is 30.3 Å². The van der Waals surface area contributed by atoms with Gasteiger partial charge in [0.15, 0.2) is 28.8 Å². The number of esters is 1. The average molecular weight is 535 g/mol. The minimum Gasteiger partial charge on any atom is -0.496 e. The van der Waals surface area contributed by atoms with Crippen LogP contribution in [0, 0.1) is 5.92 Å². The van der Waals surface area contributed by atoms with Crippen LogP contribution in [0.4, 0.5) is 0 Å². The number of methoxy groups -OCH3 is 3. The van der Waals surface area contributed by atoms with Crippen LogP contribution < -0.4 is 23.7 Å². The van der Waals surface area contributed by atoms with Gasteiger partial charge in [0, 0.05) is 23.6 Å². The average Bonchev–Trinajstić information content (AvgIpc) is 3.60. The summed E-state index contributed by atoms with van der Waals surface area (Å²) in [5.74, 6) is -0.897. The summed E-state index contributed by atoms with van der Waals surface area (Å²) in [6.45, 7) is 0.246. The number of benzene rings is 3. The fraction of sp³-hybridized carbons (Fsp3) is 0.310. The van der Waals surface area contributed by atoms with Crippen LogP contribution in [0.1, 0.15) is 22.6 Å². The quantitative estimate of drug-likeness (QED) is 0.358. The lowest BCUT2D eigenvalue weighted by Gasteiger charge is -2.40. The first kappa shape index (κ1) is 24.9. The molecule has 1 saturated carbocycles. The van der Waals surface area contributed by atoms with Crippen molar-refractivity contribution >= 4 is 12.4 Å². The monoisotopic (exact) mass is 534 g/mol. The van der Waals surface area contributed by atoms with Gasteiger partial charge < -0.3 is 38.3 Å². The van der Waals surface area contributed by atoms with Crippen molar-refractivity contribution in [2.45, 2.75) is 23.2 Å². The van der Waals surface area contributed by atoms with E-state index in [4.69, 9.17) is 33.2 Å². The zero-order valence-corrected chi connectivity index (χ0v) is 21.4. The maximum Gasteiger partial charge on any atom is 0.313 e. The molecule has 3 aliphatic rings. The molecule has 39 heavy (non-hydrogen) atoms. The molecule has 0 amide bonds. The van der Waals surface area contributed by atoms with Crippen molar-refractivity contribution in [3.05, 3.63) is 77.4 Å². The van der Waals surface area contributed by atoms with E-state index in [1.54, 1.807) is 30.3 Å². The van der Waals surface area contributed by atoms with E-state index in [0.29, 0.717) is 28.4 Å². The molecule has 10 nitrogen and oxygen atoms in total. The zero-order chi connectivity index (χ0) is 27.4. The standard InChI is InChI=1S/C29H26O10/c1-33-18-12-21(34-2)25-22(13-18)39-29(17-9-10-19-20(11-17)38-15-37-19)24(16-7-5-4-6-8-16)23(27(31)35-3)26(36-14-30)28(25,29)32/h4-14,23-24,26,32H,15H2,1-3H3/t23-,24-,26-,28+,29+/m1/s1. The van der Waals surface area contributed by atoms with Crippen molar-refractivity contribution < 1.29 is 47.9 Å². The minimum absolute atomic E-state index is 0.0337. The first-order valence-electron chi connectivity index (χ1n) is 12.2. The van der Waals surface area contributed by atoms with E-state index in [-0.39, 0.29) is 30.3 Å². The van der Waals surface area contributed by atoms with Crippen LogP contribution in [0.2, 0.25) is 0 Å². The number of fused-ring (bicyclic) bond motifs is 4. The second-order valence-corrected chi connectivity index (χ2v) is 9.47. The van der Waals surface area contributed by atoms with Crippen molar-refractivity contribution in [3.8, 4) is 28.7 Å². The molecule has 10 heteroatoms. The Labute approximate surface area is 223 Å². The molecule has 0 aromatic heterocycles. The fourth-order valence-corrected chi connectivity index (χ4v) is 6.41. The molecule has 0 saturated heterocycles. The van der Waals surface area contributed by atoms with Gasteiger partial charge in [0.1, 0.15) is 23.2 Å². The second-order valence-electron chi connectivity index (χ2n) is 9.47. The third-order valence-corrected chi connectivity index (χ3v) is 7.88. The summed E-state index contributed by atoms with van der Waals surface area (Å²) < 4.78 is 40.0. The van der Waals surface area contributed by atoms with Gasteiger partial charge in [-0.05, 0) is 17.7 Å². The van der Waals surface area contributed by atoms with Gasteiger partial charge >= 0.3 is 5.97 Å². The number of hydrogen-bond acceptors (Lipinski definition) is 10. The van der Waals surface area contributed by atoms with Crippen LogP contribution >= 0.6 is 0 Å². The molecule has 0 spiro atoms. The van der Waals surface area contributed by atoms with Crippen molar-refractivity contribution in [1.82, 2.24) is 0 Å². The van der Waals surface area contributed by atoms with E-state index in [1.165, 1.54) is 21.3 Å². The van der Waals surface area contributed by atoms with Gasteiger partial charge in [-0.15, -0.1) is 0 Å². The Morgan fingerprint density at radius 1 is 0.974 bits per heavy atom. The summed E-state index contributed by atoms with van der Waals surface area (Å²) in [7, 11) is 4.18. The molecular formula is C29H26O10. The molecular weight excluding hydrogens is 508 g/mol. The molecule has 3 aromatic carbocycles. The van der Waals surface area contributed by atoms with E-state index >= 15 is 0 Å². The normalized spacial score (nSPS) is 27.6. The molecule has 1 N–H and O–H groups in total. The van der Waals surface area contributed by atoms with Gasteiger partial charge in [-0.2, -0.15) is 0 Å². The largest absolute Gasteiger partial charge is 0.496 e. The van der Waals surface area contributed by atoms with E-state index in [1.807, 2.05) is 30.3 Å². The Balaban J connectivity index is 1.74. The highest BCUT2D eigenvalue weighted by Gasteiger charge is 2.79. The van der Waals surface area contributed by atoms with Crippen LogP contribution in [0.3, 0.4) is 0 Å². The Kier molecular flexibility index (Phi) is 5.80. The van der Waals surface area contributed by atoms with Gasteiger partial charge in [-0.1, -0.05) is 36.4 Å². The lowest BCUT2D eigenvalue weighted by molar-refractivity contribution is -0.177. The maximum atomic E-state index is 13.5. The molecule has 1 aliphatic carbocycles. The first-order valence-corrected chi connectivity index (χ1v) is 12.2. The number of carbonyl (C=O) groups is 2. The molecule has 202 valence electrons. The van der Waals surface area contributed by atoms with E-state index < -0.39 is 35.1 Å². The van der Waals surface area contributed by atoms with Crippen LogP contribution in [-0.4, -0.2) is 51.8 Å². The Morgan fingerprint density at radius 2 is 1.74 bits per heavy atom. The summed E-state index contributed by atoms with van der Waals surface area (Å²) in [5, 5.41) is 13.0. The van der Waals surface area contributed by atoms with Gasteiger partial charge in [-0.25, -0.2) is 0 Å². The number of hydrogen-bond donors (Lipinski definition) is 1. The lowest BCUT2D eigenvalue weighted by Crippen LogP contribution is -2.52. The molecule has 2 heterocycles. The number of ether oxygens (including phenoxy) is 7. The van der Waals surface area contributed by atoms with Gasteiger partial charge in [0.05, 0.1) is 26.9 Å². The topological polar surface area (TPSA) is 119 Å². The first-order chi connectivity index (χ1) is 18.9. The van der Waals surface area contributed by atoms with Crippen LogP contribution in [0.5, 0.6) is 28.7 Å². The maximum absolute atomic E-state index is 13.5. The predicted octanol–water partition coefficient (Wildman–Crippen LogP) is 3.04. The van der Waals surface area contributed by atoms with Crippen LogP contribution in [0.15, 0.2) is 60.7 Å². The molecule has 6 rings (SSSR count). The van der Waals surface area contributed by atoms with Crippen molar-refractivity contribution in [3.63, 3.8) is 0 Å². The highest BCUT2D eigenvalue weighted by Crippen LogP contribution is 2.71. The Hall–Kier alpha value is -4.44. The molecule has 2 aliphatic heterocycles. The summed E-state index contributed by atoms with van der Waals surface area (Å²) in [6.07, 6.45) is -1.43. The van der Waals surface area contributed by atoms with E-state index in [2.05, 4.69) is 0 Å². The smallest absolute Gasteiger partial charge is 0.313 e. The molecule has 5 atom stereocenters. The predicted molar refractivity (Wildman–Crippen MR) is 134 cm³/mol. The number of rotatable bonds is 7. The van der Waals surface area contributed by atoms with Crippen LogP contribution in [0.25, 0.3) is 0 Å². The molecule has 0 radical (unpaired) electrons. The summed E-state index contributed by atoms with van der Waals surface area (Å²) in [6, 6.07) is 17.5. The minimum atomic E-state index is -2.13. The van der Waals surface area contributed by atoms with Gasteiger partial charge in [0.2, 0.25) is 6.79 Å². The number of aliphatic hydroxyl groups is 1. The summed E-state index contributed by atoms with van der Waals surface area (Å²) in [4.78, 5) is 25.4. The van der Waals surface area contributed by atoms with Crippen molar-refractivity contribution in [2.75, 3.05) is 28.1 Å². The van der Waals surface area contributed by atoms with Gasteiger partial charge in [-0.3, -0.25) is 9.59 Å². The molecule has 0 unspecified atom stereocenters. The van der Waals surface area contributed by atoms with Crippen molar-refractivity contribution in [1.29, 1.82) is 0 Å². The highest BCUT2D eigenvalue weighted by atomic mass is 16.7. The summed E-state index contributed by atoms with van der Waals surface area (Å²) in [5.41, 5.74) is -2.52. The highest BCUT2D eigenvalue weighted by molar-refractivity contribution is 5.79. The van der Waals surface area contributed by atoms with E-state index in [9.17, 15) is 14.7 Å². The molecule has 0 bridgehead atoms. The molecule has 3 aromatic rings. The second kappa shape index (κ2) is 9.09. The summed E-state index contributed by atoms with van der Waals surface area (Å²) >= 11 is 0. The third kappa shape index (κ3) is 3.24. The van der Waals surface area contributed by atoms with Gasteiger partial charge in [0.25, 0.3) is 6.47 Å². The lowest BCUT2D eigenvalue weighted by atomic mass is 9.70.